The van der Waals surface area contributed by atoms with Crippen molar-refractivity contribution < 1.29 is 19.2 Å². The summed E-state index contributed by atoms with van der Waals surface area (Å²) in [7, 11) is 0. The van der Waals surface area contributed by atoms with Crippen LogP contribution in [-0.4, -0.2) is 148 Å². The van der Waals surface area contributed by atoms with Crippen molar-refractivity contribution in [2.24, 2.45) is 41.4 Å². The molecule has 4 saturated heterocycles. The predicted octanol–water partition coefficient (Wildman–Crippen LogP) is 29.8. The Bertz CT molecular complexity index is 6690. The molecule has 12 aromatic rings. The Hall–Kier alpha value is -8.40. The summed E-state index contributed by atoms with van der Waals surface area (Å²) in [5, 5.41) is 25.5. The van der Waals surface area contributed by atoms with Gasteiger partial charge < -0.3 is 4.90 Å². The maximum atomic E-state index is 13.6. The van der Waals surface area contributed by atoms with Crippen LogP contribution in [0.15, 0.2) is 133 Å². The van der Waals surface area contributed by atoms with E-state index in [2.05, 4.69) is 107 Å². The summed E-state index contributed by atoms with van der Waals surface area (Å²) < 4.78 is 7.21. The number of fused-ring (bicyclic) bond motifs is 2. The molecule has 2 amide bonds. The molecular weight excluding hydrogens is 1980 g/mol. The van der Waals surface area contributed by atoms with Crippen molar-refractivity contribution in [1.29, 1.82) is 0 Å². The van der Waals surface area contributed by atoms with E-state index in [1.54, 1.807) is 97.2 Å². The second-order valence-corrected chi connectivity index (χ2v) is 46.2. The third kappa shape index (κ3) is 24.0. The third-order valence-corrected chi connectivity index (χ3v) is 34.7. The van der Waals surface area contributed by atoms with Gasteiger partial charge in [-0.2, -0.15) is 20.4 Å². The van der Waals surface area contributed by atoms with Gasteiger partial charge in [-0.05, 0) is 287 Å². The molecule has 4 aromatic carbocycles. The molecule has 4 aliphatic heterocycles. The third-order valence-electron chi connectivity index (χ3n) is 28.4. The van der Waals surface area contributed by atoms with Crippen LogP contribution in [0, 0.1) is 92.8 Å². The molecule has 17 nitrogen and oxygen atoms in total. The van der Waals surface area contributed by atoms with Crippen molar-refractivity contribution in [1.82, 2.24) is 64.3 Å². The fraction of sp³-hybridized carbons (Fsp3) is 0.418. The highest BCUT2D eigenvalue weighted by atomic mass is 35.5. The van der Waals surface area contributed by atoms with Crippen molar-refractivity contribution in [2.45, 2.75) is 189 Å². The first-order valence-electron chi connectivity index (χ1n) is 49.3. The van der Waals surface area contributed by atoms with Crippen LogP contribution >= 0.6 is 138 Å². The number of likely N-dealkylation sites (tertiary alicyclic amines) is 3. The zero-order valence-corrected chi connectivity index (χ0v) is 88.4. The first-order chi connectivity index (χ1) is 67.4. The zero-order valence-electron chi connectivity index (χ0n) is 79.1. The molecular formula is C110H115Cl8N13O4S4. The smallest absolute Gasteiger partial charge is 0.286 e. The molecule has 4 atom stereocenters. The molecule has 29 heteroatoms. The standard InChI is InChI=1S/C31H35Cl2N3OS.C30H31Cl2N3OS.C25H24Cl2N4OS.C24H25Cl2N3OS/c1-20-30(28(37)19-35-17-22-8-5-9-23(22)18-35)34-36(27-14-11-24(32)16-26(27)33)31(20)29-15-13-25(38-29)12-10-21-6-3-2-4-7-21;1-19-29(27(36)18-34-16-21-7-4-8-22(21)17-34)33-35(26-13-10-23(31)15-25(26)32)30(19)28-14-12-24(37-28)11-9-20-5-2-3-6-20;1-16-23(25(32)29-30-13-3-2-4-14-30)28-31(21-11-8-18(26)15-20(21)27)24(16)22-12-10-19(33-22)9-7-17-5-6-17;1-3-4-5-8-18-10-12-21(31-18)23-16(2)22(24(30)28-13-6-7-14-28)27-29(23)20-11-9-17(25)15-19(20)26/h10-16,21-23H,2-9,17-19H2,1H3;10,12-15,20-22H,2-8,16-18H2,1H3;8,10-12,15,17H,2-6,13-14H2,1H3,(H,29,32);5,8-12,15H,3-4,6-7,13-14H2,1-2H3/b12-10+;;;8-5+. The lowest BCUT2D eigenvalue weighted by molar-refractivity contribution is 0.0742. The maximum Gasteiger partial charge on any atom is 0.286 e. The number of ketones is 2. The van der Waals surface area contributed by atoms with Gasteiger partial charge in [0.15, 0.2) is 23.0 Å². The minimum absolute atomic E-state index is 0.0142. The van der Waals surface area contributed by atoms with Crippen LogP contribution in [-0.2, 0) is 0 Å². The summed E-state index contributed by atoms with van der Waals surface area (Å²) >= 11 is 57.7. The fourth-order valence-corrected chi connectivity index (χ4v) is 26.8. The summed E-state index contributed by atoms with van der Waals surface area (Å²) in [6, 6.07) is 38.2. The van der Waals surface area contributed by atoms with E-state index in [1.807, 2.05) is 89.4 Å². The van der Waals surface area contributed by atoms with E-state index in [1.165, 1.54) is 125 Å². The van der Waals surface area contributed by atoms with Gasteiger partial charge in [-0.25, -0.2) is 23.7 Å². The summed E-state index contributed by atoms with van der Waals surface area (Å²) in [5.41, 5.74) is 14.8. The minimum Gasteiger partial charge on any atom is -0.337 e. The minimum atomic E-state index is -0.204. The Labute approximate surface area is 871 Å². The number of rotatable bonds is 22. The molecule has 9 aliphatic rings. The number of unbranched alkanes of at least 4 members (excludes halogenated alkanes) is 1. The van der Waals surface area contributed by atoms with Crippen molar-refractivity contribution in [2.75, 3.05) is 65.4 Å². The Morgan fingerprint density at radius 3 is 1.19 bits per heavy atom. The average Bonchev–Trinajstić information content (AvgIpc) is 1.63. The lowest BCUT2D eigenvalue weighted by atomic mass is 9.89. The summed E-state index contributed by atoms with van der Waals surface area (Å²) in [6.45, 7) is 18.3. The quantitative estimate of drug-likeness (QED) is 0.0507. The first-order valence-corrected chi connectivity index (χ1v) is 55.5. The number of amides is 2. The molecule has 12 heterocycles. The number of hydrogen-bond acceptors (Lipinski definition) is 15. The fourth-order valence-electron chi connectivity index (χ4n) is 20.9. The van der Waals surface area contributed by atoms with Gasteiger partial charge in [0.05, 0.1) is 108 Å². The van der Waals surface area contributed by atoms with Crippen LogP contribution in [0.1, 0.15) is 245 Å². The van der Waals surface area contributed by atoms with Crippen molar-refractivity contribution >= 4 is 174 Å². The molecule has 0 radical (unpaired) electrons. The van der Waals surface area contributed by atoms with Gasteiger partial charge in [0, 0.05) is 116 Å². The molecule has 5 saturated carbocycles. The summed E-state index contributed by atoms with van der Waals surface area (Å²) in [5.74, 6) is 18.2. The molecule has 9 fully saturated rings. The van der Waals surface area contributed by atoms with Gasteiger partial charge in [0.2, 0.25) is 0 Å². The molecule has 21 rings (SSSR count). The Balaban J connectivity index is 0.000000123. The lowest BCUT2D eigenvalue weighted by Gasteiger charge is -2.26. The van der Waals surface area contributed by atoms with Crippen LogP contribution in [0.5, 0.6) is 0 Å². The van der Waals surface area contributed by atoms with E-state index in [-0.39, 0.29) is 23.4 Å². The van der Waals surface area contributed by atoms with Gasteiger partial charge >= 0.3 is 0 Å². The van der Waals surface area contributed by atoms with E-state index >= 15 is 0 Å². The van der Waals surface area contributed by atoms with Gasteiger partial charge in [-0.3, -0.25) is 34.4 Å². The molecule has 0 spiro atoms. The number of halogens is 8. The number of carbonyl (C=O) groups is 4. The van der Waals surface area contributed by atoms with Crippen molar-refractivity contribution in [3.8, 4) is 88.7 Å². The van der Waals surface area contributed by atoms with E-state index in [9.17, 15) is 19.2 Å². The van der Waals surface area contributed by atoms with E-state index in [4.69, 9.17) is 113 Å². The van der Waals surface area contributed by atoms with Gasteiger partial charge in [-0.1, -0.05) is 193 Å². The van der Waals surface area contributed by atoms with Gasteiger partial charge in [0.25, 0.3) is 11.8 Å². The maximum absolute atomic E-state index is 13.6. The zero-order chi connectivity index (χ0) is 96.6. The molecule has 0 bridgehead atoms. The highest BCUT2D eigenvalue weighted by Crippen LogP contribution is 2.46. The Kier molecular flexibility index (Phi) is 33.4. The highest BCUT2D eigenvalue weighted by molar-refractivity contribution is 7.17. The second-order valence-electron chi connectivity index (χ2n) is 38.4. The number of piperidine rings is 1. The summed E-state index contributed by atoms with van der Waals surface area (Å²) in [4.78, 5) is 68.7. The molecule has 8 aromatic heterocycles. The van der Waals surface area contributed by atoms with E-state index in [0.29, 0.717) is 111 Å². The predicted molar refractivity (Wildman–Crippen MR) is 576 cm³/mol. The number of Topliss-reactive ketones (excluding diaryl/α,β-unsaturated/α-hetero) is 2. The number of benzene rings is 4. The van der Waals surface area contributed by atoms with Crippen molar-refractivity contribution in [3.63, 3.8) is 0 Å². The molecule has 724 valence electrons. The van der Waals surface area contributed by atoms with Crippen LogP contribution in [0.25, 0.3) is 77.2 Å². The highest BCUT2D eigenvalue weighted by Gasteiger charge is 2.40. The largest absolute Gasteiger partial charge is 0.337 e. The second kappa shape index (κ2) is 46.1. The topological polar surface area (TPSA) is 165 Å². The van der Waals surface area contributed by atoms with Crippen LogP contribution < -0.4 is 5.43 Å². The summed E-state index contributed by atoms with van der Waals surface area (Å²) in [6.07, 6.45) is 38.5. The monoisotopic (exact) mass is 2090 g/mol. The van der Waals surface area contributed by atoms with Crippen LogP contribution in [0.3, 0.4) is 0 Å². The van der Waals surface area contributed by atoms with E-state index in [0.717, 1.165) is 195 Å². The number of allylic oxidation sites excluding steroid dienone is 2. The number of hydrogen-bond donors (Lipinski definition) is 1. The van der Waals surface area contributed by atoms with Crippen LogP contribution in [0.4, 0.5) is 0 Å². The number of thiophene rings is 4. The number of nitrogens with one attached hydrogen (secondary N) is 1. The SMILES string of the molecule is CCC/C=C/c1ccc(-c2c(C)c(C(=O)N3CCCC3)nn2-c2ccc(Cl)cc2Cl)s1.Cc1c(C(=O)CN2CC3CCCC3C2)nn(-c2ccc(Cl)cc2Cl)c1-c1ccc(/C=C/C2CCCCC2)s1.Cc1c(C(=O)CN2CC3CCCC3C2)nn(-c2ccc(Cl)cc2Cl)c1-c1ccc(C#CC2CCCC2)s1.Cc1c(C(=O)NN2CCCCC2)nn(-c2ccc(Cl)cc2Cl)c1-c1ccc(C#CC2CC2)s1. The van der Waals surface area contributed by atoms with E-state index < -0.39 is 0 Å². The van der Waals surface area contributed by atoms with Crippen molar-refractivity contribution in [3.05, 3.63) is 238 Å². The molecule has 5 aliphatic carbocycles. The molecule has 1 N–H and O–H groups in total. The molecule has 139 heavy (non-hydrogen) atoms. The van der Waals surface area contributed by atoms with Gasteiger partial charge in [-0.15, -0.1) is 45.3 Å². The number of nitrogens with zero attached hydrogens (tertiary/aromatic N) is 12. The Morgan fingerprint density at radius 2 is 0.763 bits per heavy atom. The number of aromatic nitrogens is 8. The molecule has 4 unspecified atom stereocenters. The van der Waals surface area contributed by atoms with Gasteiger partial charge in [0.1, 0.15) is 11.4 Å². The number of hydrazine groups is 1. The number of carbonyl (C=O) groups excluding carboxylic acids is 4. The lowest BCUT2D eigenvalue weighted by Crippen LogP contribution is -2.45. The first kappa shape index (κ1) is 101. The van der Waals surface area contributed by atoms with Crippen LogP contribution in [0.2, 0.25) is 40.2 Å². The average molecular weight is 2100 g/mol. The normalized spacial score (nSPS) is 19.0. The Morgan fingerprint density at radius 1 is 0.396 bits per heavy atom.